The van der Waals surface area contributed by atoms with Gasteiger partial charge in [0, 0.05) is 41.0 Å². The minimum Gasteiger partial charge on any atom is -0.355 e. The molecule has 0 fully saturated rings. The Kier molecular flexibility index (Phi) is 3.27. The predicted octanol–water partition coefficient (Wildman–Crippen LogP) is 4.47. The van der Waals surface area contributed by atoms with Gasteiger partial charge in [-0.25, -0.2) is 4.98 Å². The molecule has 4 heteroatoms. The molecule has 0 atom stereocenters. The molecule has 0 saturated carbocycles. The largest absolute Gasteiger partial charge is 0.355 e. The SMILES string of the molecule is Cc1cc(Nc2ccnc3ccccc23)cc(-n2ccnc2)c1. The number of anilines is 2. The summed E-state index contributed by atoms with van der Waals surface area (Å²) in [7, 11) is 0. The molecule has 23 heavy (non-hydrogen) atoms. The third-order valence-corrected chi connectivity index (χ3v) is 3.79. The van der Waals surface area contributed by atoms with Crippen molar-refractivity contribution in [1.29, 1.82) is 0 Å². The molecule has 0 bridgehead atoms. The Hall–Kier alpha value is -3.14. The maximum Gasteiger partial charge on any atom is 0.0991 e. The van der Waals surface area contributed by atoms with Gasteiger partial charge in [-0.3, -0.25) is 4.98 Å². The second-order valence-corrected chi connectivity index (χ2v) is 5.53. The van der Waals surface area contributed by atoms with Crippen LogP contribution in [0.15, 0.2) is 73.4 Å². The highest BCUT2D eigenvalue weighted by molar-refractivity contribution is 5.92. The number of pyridine rings is 1. The van der Waals surface area contributed by atoms with Gasteiger partial charge in [0.25, 0.3) is 0 Å². The van der Waals surface area contributed by atoms with E-state index in [0.29, 0.717) is 0 Å². The highest BCUT2D eigenvalue weighted by Gasteiger charge is 2.04. The molecular weight excluding hydrogens is 284 g/mol. The average Bonchev–Trinajstić information content (AvgIpc) is 3.09. The van der Waals surface area contributed by atoms with E-state index >= 15 is 0 Å². The van der Waals surface area contributed by atoms with Gasteiger partial charge >= 0.3 is 0 Å². The van der Waals surface area contributed by atoms with Crippen molar-refractivity contribution in [2.24, 2.45) is 0 Å². The molecule has 4 aromatic rings. The summed E-state index contributed by atoms with van der Waals surface area (Å²) in [5, 5.41) is 4.63. The number of para-hydroxylation sites is 1. The zero-order valence-electron chi connectivity index (χ0n) is 12.8. The van der Waals surface area contributed by atoms with Crippen LogP contribution < -0.4 is 5.32 Å². The van der Waals surface area contributed by atoms with Crippen molar-refractivity contribution in [3.05, 3.63) is 79.0 Å². The minimum absolute atomic E-state index is 0.986. The number of fused-ring (bicyclic) bond motifs is 1. The third kappa shape index (κ3) is 2.66. The fourth-order valence-electron chi connectivity index (χ4n) is 2.76. The van der Waals surface area contributed by atoms with Gasteiger partial charge in [0.2, 0.25) is 0 Å². The Morgan fingerprint density at radius 3 is 2.78 bits per heavy atom. The summed E-state index contributed by atoms with van der Waals surface area (Å²) in [5.74, 6) is 0. The summed E-state index contributed by atoms with van der Waals surface area (Å²) in [6, 6.07) is 16.5. The van der Waals surface area contributed by atoms with Crippen LogP contribution in [-0.4, -0.2) is 14.5 Å². The maximum atomic E-state index is 4.41. The Balaban J connectivity index is 1.76. The molecular formula is C19H16N4. The molecule has 4 nitrogen and oxygen atoms in total. The van der Waals surface area contributed by atoms with Crippen LogP contribution in [0.2, 0.25) is 0 Å². The van der Waals surface area contributed by atoms with Crippen LogP contribution in [0.3, 0.4) is 0 Å². The average molecular weight is 300 g/mol. The number of rotatable bonds is 3. The molecule has 0 amide bonds. The normalized spacial score (nSPS) is 10.8. The number of hydrogen-bond donors (Lipinski definition) is 1. The lowest BCUT2D eigenvalue weighted by Crippen LogP contribution is -1.96. The van der Waals surface area contributed by atoms with Crippen LogP contribution in [0, 0.1) is 6.92 Å². The second kappa shape index (κ2) is 5.57. The van der Waals surface area contributed by atoms with Gasteiger partial charge in [-0.15, -0.1) is 0 Å². The Morgan fingerprint density at radius 2 is 1.91 bits per heavy atom. The Labute approximate surface area is 134 Å². The smallest absolute Gasteiger partial charge is 0.0991 e. The van der Waals surface area contributed by atoms with Crippen LogP contribution in [-0.2, 0) is 0 Å². The fraction of sp³-hybridized carbons (Fsp3) is 0.0526. The van der Waals surface area contributed by atoms with E-state index in [2.05, 4.69) is 46.5 Å². The van der Waals surface area contributed by atoms with Crippen LogP contribution in [0.4, 0.5) is 11.4 Å². The van der Waals surface area contributed by atoms with Gasteiger partial charge < -0.3 is 9.88 Å². The van der Waals surface area contributed by atoms with E-state index in [1.807, 2.05) is 41.2 Å². The number of aryl methyl sites for hydroxylation is 1. The molecule has 0 spiro atoms. The van der Waals surface area contributed by atoms with Gasteiger partial charge in [0.1, 0.15) is 0 Å². The first kappa shape index (κ1) is 13.5. The first-order valence-electron chi connectivity index (χ1n) is 7.50. The zero-order valence-corrected chi connectivity index (χ0v) is 12.8. The Morgan fingerprint density at radius 1 is 1.00 bits per heavy atom. The van der Waals surface area contributed by atoms with E-state index in [0.717, 1.165) is 28.0 Å². The van der Waals surface area contributed by atoms with Crippen LogP contribution in [0.1, 0.15) is 5.56 Å². The van der Waals surface area contributed by atoms with E-state index in [1.54, 1.807) is 12.5 Å². The molecule has 2 aromatic carbocycles. The predicted molar refractivity (Wildman–Crippen MR) is 93.3 cm³/mol. The van der Waals surface area contributed by atoms with Gasteiger partial charge in [0.05, 0.1) is 11.8 Å². The van der Waals surface area contributed by atoms with Gasteiger partial charge in [-0.1, -0.05) is 18.2 Å². The topological polar surface area (TPSA) is 42.7 Å². The second-order valence-electron chi connectivity index (χ2n) is 5.53. The van der Waals surface area contributed by atoms with Gasteiger partial charge in [-0.05, 0) is 42.8 Å². The van der Waals surface area contributed by atoms with E-state index in [-0.39, 0.29) is 0 Å². The number of imidazole rings is 1. The lowest BCUT2D eigenvalue weighted by Gasteiger charge is -2.12. The molecule has 112 valence electrons. The van der Waals surface area contributed by atoms with Gasteiger partial charge in [-0.2, -0.15) is 0 Å². The van der Waals surface area contributed by atoms with Gasteiger partial charge in [0.15, 0.2) is 0 Å². The molecule has 0 aliphatic rings. The number of nitrogens with one attached hydrogen (secondary N) is 1. The molecule has 2 aromatic heterocycles. The molecule has 4 rings (SSSR count). The quantitative estimate of drug-likeness (QED) is 0.607. The molecule has 2 heterocycles. The molecule has 0 saturated heterocycles. The first-order valence-corrected chi connectivity index (χ1v) is 7.50. The van der Waals surface area contributed by atoms with E-state index in [1.165, 1.54) is 5.56 Å². The maximum absolute atomic E-state index is 4.41. The Bertz CT molecular complexity index is 953. The summed E-state index contributed by atoms with van der Waals surface area (Å²) in [4.78, 5) is 8.52. The number of hydrogen-bond acceptors (Lipinski definition) is 3. The van der Waals surface area contributed by atoms with E-state index in [4.69, 9.17) is 0 Å². The van der Waals surface area contributed by atoms with Crippen molar-refractivity contribution >= 4 is 22.3 Å². The van der Waals surface area contributed by atoms with Crippen molar-refractivity contribution in [2.75, 3.05) is 5.32 Å². The number of nitrogens with zero attached hydrogens (tertiary/aromatic N) is 3. The van der Waals surface area contributed by atoms with E-state index < -0.39 is 0 Å². The third-order valence-electron chi connectivity index (χ3n) is 3.79. The molecule has 0 unspecified atom stereocenters. The van der Waals surface area contributed by atoms with Crippen molar-refractivity contribution in [3.63, 3.8) is 0 Å². The van der Waals surface area contributed by atoms with Crippen molar-refractivity contribution in [3.8, 4) is 5.69 Å². The lowest BCUT2D eigenvalue weighted by molar-refractivity contribution is 1.05. The van der Waals surface area contributed by atoms with E-state index in [9.17, 15) is 0 Å². The molecule has 0 aliphatic carbocycles. The highest BCUT2D eigenvalue weighted by Crippen LogP contribution is 2.26. The summed E-state index contributed by atoms with van der Waals surface area (Å²) in [6.07, 6.45) is 7.36. The number of benzene rings is 2. The number of aromatic nitrogens is 3. The van der Waals surface area contributed by atoms with Crippen molar-refractivity contribution < 1.29 is 0 Å². The molecule has 0 radical (unpaired) electrons. The zero-order chi connectivity index (χ0) is 15.6. The van der Waals surface area contributed by atoms with Crippen LogP contribution in [0.25, 0.3) is 16.6 Å². The minimum atomic E-state index is 0.986. The monoisotopic (exact) mass is 300 g/mol. The van der Waals surface area contributed by atoms with Crippen LogP contribution >= 0.6 is 0 Å². The molecule has 1 N–H and O–H groups in total. The summed E-state index contributed by atoms with van der Waals surface area (Å²) < 4.78 is 2.00. The van der Waals surface area contributed by atoms with Crippen molar-refractivity contribution in [2.45, 2.75) is 6.92 Å². The van der Waals surface area contributed by atoms with Crippen LogP contribution in [0.5, 0.6) is 0 Å². The lowest BCUT2D eigenvalue weighted by atomic mass is 10.1. The first-order chi connectivity index (χ1) is 11.3. The summed E-state index contributed by atoms with van der Waals surface area (Å²) in [5.41, 5.74) is 5.36. The highest BCUT2D eigenvalue weighted by atomic mass is 15.0. The standard InChI is InChI=1S/C19H16N4/c1-14-10-15(12-16(11-14)23-9-8-20-13-23)22-19-6-7-21-18-5-3-2-4-17(18)19/h2-13H,1H3,(H,21,22). The summed E-state index contributed by atoms with van der Waals surface area (Å²) >= 11 is 0. The summed E-state index contributed by atoms with van der Waals surface area (Å²) in [6.45, 7) is 2.09. The molecule has 0 aliphatic heterocycles. The van der Waals surface area contributed by atoms with Crippen molar-refractivity contribution in [1.82, 2.24) is 14.5 Å². The fourth-order valence-corrected chi connectivity index (χ4v) is 2.76.